The van der Waals surface area contributed by atoms with E-state index in [1.54, 1.807) is 6.20 Å². The van der Waals surface area contributed by atoms with E-state index < -0.39 is 0 Å². The van der Waals surface area contributed by atoms with Crippen LogP contribution in [-0.4, -0.2) is 37.6 Å². The maximum atomic E-state index is 6.16. The molecule has 0 radical (unpaired) electrons. The van der Waals surface area contributed by atoms with Gasteiger partial charge in [-0.3, -0.25) is 9.88 Å². The minimum absolute atomic E-state index is 0.426. The number of fused-ring (bicyclic) bond motifs is 1. The Morgan fingerprint density at radius 3 is 2.90 bits per heavy atom. The van der Waals surface area contributed by atoms with Crippen molar-refractivity contribution in [2.24, 2.45) is 0 Å². The van der Waals surface area contributed by atoms with Gasteiger partial charge < -0.3 is 0 Å². The van der Waals surface area contributed by atoms with Gasteiger partial charge in [-0.05, 0) is 55.3 Å². The highest BCUT2D eigenvalue weighted by molar-refractivity contribution is 6.30. The number of rotatable bonds is 4. The van der Waals surface area contributed by atoms with E-state index in [1.165, 1.54) is 17.7 Å². The summed E-state index contributed by atoms with van der Waals surface area (Å²) < 4.78 is 2.01. The minimum atomic E-state index is 0.426. The van der Waals surface area contributed by atoms with Crippen molar-refractivity contribution >= 4 is 17.2 Å². The first-order valence-electron chi connectivity index (χ1n) is 9.98. The number of piperidine rings is 1. The first-order chi connectivity index (χ1) is 14.3. The number of nitrogens with zero attached hydrogens (tertiary/aromatic N) is 5. The lowest BCUT2D eigenvalue weighted by Crippen LogP contribution is -2.34. The summed E-state index contributed by atoms with van der Waals surface area (Å²) in [6.07, 6.45) is 7.85. The quantitative estimate of drug-likeness (QED) is 0.490. The Hall–Kier alpha value is -2.76. The molecule has 1 saturated heterocycles. The van der Waals surface area contributed by atoms with Crippen LogP contribution in [0, 0.1) is 0 Å². The Morgan fingerprint density at radius 1 is 1.07 bits per heavy atom. The molecule has 1 aliphatic rings. The largest absolute Gasteiger partial charge is 0.298 e. The van der Waals surface area contributed by atoms with Gasteiger partial charge in [0.05, 0.1) is 11.4 Å². The molecule has 1 atom stereocenters. The van der Waals surface area contributed by atoms with Crippen LogP contribution < -0.4 is 0 Å². The SMILES string of the molecule is Clc1cccc(CN2CCCC(c3ccnc4cc(-c5cccnc5)nn34)C2)c1. The molecule has 146 valence electrons. The molecule has 4 heterocycles. The molecule has 0 bridgehead atoms. The third kappa shape index (κ3) is 3.88. The summed E-state index contributed by atoms with van der Waals surface area (Å²) in [7, 11) is 0. The topological polar surface area (TPSA) is 46.3 Å². The molecule has 4 aromatic rings. The van der Waals surface area contributed by atoms with Crippen molar-refractivity contribution < 1.29 is 0 Å². The number of hydrogen-bond acceptors (Lipinski definition) is 4. The van der Waals surface area contributed by atoms with E-state index in [0.717, 1.165) is 48.0 Å². The van der Waals surface area contributed by atoms with Crippen LogP contribution in [0.4, 0.5) is 0 Å². The molecule has 0 amide bonds. The summed E-state index contributed by atoms with van der Waals surface area (Å²) >= 11 is 6.16. The van der Waals surface area contributed by atoms with Gasteiger partial charge in [0.15, 0.2) is 5.65 Å². The van der Waals surface area contributed by atoms with Gasteiger partial charge in [0.25, 0.3) is 0 Å². The Kier molecular flexibility index (Phi) is 5.00. The fraction of sp³-hybridized carbons (Fsp3) is 0.261. The Bertz CT molecular complexity index is 1120. The number of hydrogen-bond donors (Lipinski definition) is 0. The third-order valence-electron chi connectivity index (χ3n) is 5.56. The van der Waals surface area contributed by atoms with Crippen LogP contribution in [0.1, 0.15) is 30.0 Å². The lowest BCUT2D eigenvalue weighted by molar-refractivity contribution is 0.197. The summed E-state index contributed by atoms with van der Waals surface area (Å²) in [5.74, 6) is 0.426. The highest BCUT2D eigenvalue weighted by atomic mass is 35.5. The Balaban J connectivity index is 1.42. The highest BCUT2D eigenvalue weighted by Crippen LogP contribution is 2.29. The van der Waals surface area contributed by atoms with Crippen LogP contribution in [0.2, 0.25) is 5.02 Å². The average molecular weight is 404 g/mol. The molecule has 1 unspecified atom stereocenters. The van der Waals surface area contributed by atoms with Crippen LogP contribution in [0.3, 0.4) is 0 Å². The minimum Gasteiger partial charge on any atom is -0.298 e. The van der Waals surface area contributed by atoms with E-state index in [-0.39, 0.29) is 0 Å². The molecule has 6 heteroatoms. The second-order valence-corrected chi connectivity index (χ2v) is 8.05. The second kappa shape index (κ2) is 7.93. The van der Waals surface area contributed by atoms with Crippen molar-refractivity contribution in [2.45, 2.75) is 25.3 Å². The van der Waals surface area contributed by atoms with Crippen molar-refractivity contribution in [1.29, 1.82) is 0 Å². The van der Waals surface area contributed by atoms with Crippen LogP contribution in [0.15, 0.2) is 67.1 Å². The van der Waals surface area contributed by atoms with Crippen molar-refractivity contribution in [1.82, 2.24) is 24.5 Å². The standard InChI is InChI=1S/C23H22ClN5/c24-20-7-1-4-17(12-20)15-28-11-3-6-19(16-28)22-8-10-26-23-13-21(27-29(22)23)18-5-2-9-25-14-18/h1-2,4-5,7-10,12-14,19H,3,6,11,15-16H2. The summed E-state index contributed by atoms with van der Waals surface area (Å²) in [5, 5.41) is 5.65. The Labute approximate surface area is 175 Å². The molecule has 1 aliphatic heterocycles. The van der Waals surface area contributed by atoms with E-state index in [1.807, 2.05) is 47.2 Å². The van der Waals surface area contributed by atoms with E-state index in [4.69, 9.17) is 16.7 Å². The monoisotopic (exact) mass is 403 g/mol. The van der Waals surface area contributed by atoms with Gasteiger partial charge in [-0.25, -0.2) is 9.50 Å². The number of pyridine rings is 1. The van der Waals surface area contributed by atoms with Crippen molar-refractivity contribution in [3.8, 4) is 11.3 Å². The zero-order valence-corrected chi connectivity index (χ0v) is 16.8. The van der Waals surface area contributed by atoms with E-state index in [2.05, 4.69) is 33.1 Å². The van der Waals surface area contributed by atoms with Crippen LogP contribution in [-0.2, 0) is 6.54 Å². The fourth-order valence-electron chi connectivity index (χ4n) is 4.21. The second-order valence-electron chi connectivity index (χ2n) is 7.62. The van der Waals surface area contributed by atoms with Gasteiger partial charge in [-0.2, -0.15) is 5.10 Å². The van der Waals surface area contributed by atoms with E-state index >= 15 is 0 Å². The van der Waals surface area contributed by atoms with Gasteiger partial charge in [-0.15, -0.1) is 0 Å². The van der Waals surface area contributed by atoms with Crippen LogP contribution in [0.25, 0.3) is 16.9 Å². The van der Waals surface area contributed by atoms with Gasteiger partial charge in [-0.1, -0.05) is 23.7 Å². The average Bonchev–Trinajstić information content (AvgIpc) is 3.19. The maximum absolute atomic E-state index is 6.16. The molecular formula is C23H22ClN5. The zero-order valence-electron chi connectivity index (χ0n) is 16.1. The Morgan fingerprint density at radius 2 is 2.03 bits per heavy atom. The summed E-state index contributed by atoms with van der Waals surface area (Å²) in [6.45, 7) is 3.04. The van der Waals surface area contributed by atoms with Gasteiger partial charge in [0, 0.05) is 54.3 Å². The molecule has 29 heavy (non-hydrogen) atoms. The molecule has 1 aromatic carbocycles. The number of aromatic nitrogens is 4. The molecule has 3 aromatic heterocycles. The van der Waals surface area contributed by atoms with Gasteiger partial charge >= 0.3 is 0 Å². The number of benzene rings is 1. The molecule has 5 nitrogen and oxygen atoms in total. The summed E-state index contributed by atoms with van der Waals surface area (Å²) in [4.78, 5) is 11.3. The van der Waals surface area contributed by atoms with Crippen LogP contribution in [0.5, 0.6) is 0 Å². The van der Waals surface area contributed by atoms with E-state index in [9.17, 15) is 0 Å². The van der Waals surface area contributed by atoms with Crippen molar-refractivity contribution in [3.63, 3.8) is 0 Å². The zero-order chi connectivity index (χ0) is 19.6. The number of halogens is 1. The molecule has 0 spiro atoms. The summed E-state index contributed by atoms with van der Waals surface area (Å²) in [5.41, 5.74) is 5.28. The lowest BCUT2D eigenvalue weighted by Gasteiger charge is -2.33. The first kappa shape index (κ1) is 18.3. The molecular weight excluding hydrogens is 382 g/mol. The molecule has 0 N–H and O–H groups in total. The predicted molar refractivity (Wildman–Crippen MR) is 115 cm³/mol. The van der Waals surface area contributed by atoms with Gasteiger partial charge in [0.1, 0.15) is 0 Å². The normalized spacial score (nSPS) is 17.6. The van der Waals surface area contributed by atoms with Crippen LogP contribution >= 0.6 is 11.6 Å². The van der Waals surface area contributed by atoms with E-state index in [0.29, 0.717) is 5.92 Å². The predicted octanol–water partition coefficient (Wildman–Crippen LogP) is 4.82. The van der Waals surface area contributed by atoms with Gasteiger partial charge in [0.2, 0.25) is 0 Å². The molecule has 5 rings (SSSR count). The highest BCUT2D eigenvalue weighted by Gasteiger charge is 2.24. The third-order valence-corrected chi connectivity index (χ3v) is 5.80. The number of likely N-dealkylation sites (tertiary alicyclic amines) is 1. The first-order valence-corrected chi connectivity index (χ1v) is 10.4. The summed E-state index contributed by atoms with van der Waals surface area (Å²) in [6, 6.07) is 16.3. The molecule has 1 fully saturated rings. The molecule has 0 saturated carbocycles. The smallest absolute Gasteiger partial charge is 0.155 e. The van der Waals surface area contributed by atoms with Crippen molar-refractivity contribution in [2.75, 3.05) is 13.1 Å². The fourth-order valence-corrected chi connectivity index (χ4v) is 4.43. The van der Waals surface area contributed by atoms with Crippen molar-refractivity contribution in [3.05, 3.63) is 83.4 Å². The lowest BCUT2D eigenvalue weighted by atomic mass is 9.94. The molecule has 0 aliphatic carbocycles. The maximum Gasteiger partial charge on any atom is 0.155 e.